The van der Waals surface area contributed by atoms with Crippen molar-refractivity contribution >= 4 is 39.5 Å². The summed E-state index contributed by atoms with van der Waals surface area (Å²) in [4.78, 5) is 72.8. The fourth-order valence-corrected chi connectivity index (χ4v) is 13.4. The van der Waals surface area contributed by atoms with Gasteiger partial charge in [-0.3, -0.25) is 37.3 Å². The largest absolute Gasteiger partial charge is 0.472 e. The summed E-state index contributed by atoms with van der Waals surface area (Å²) in [6.07, 6.45) is 52.9. The number of rotatable bonds is 75. The van der Waals surface area contributed by atoms with Crippen molar-refractivity contribution in [3.05, 3.63) is 0 Å². The van der Waals surface area contributed by atoms with E-state index >= 15 is 0 Å². The van der Waals surface area contributed by atoms with E-state index in [1.807, 2.05) is 0 Å². The normalized spacial score (nSPS) is 14.6. The Balaban J connectivity index is 5.17. The quantitative estimate of drug-likeness (QED) is 0.0222. The van der Waals surface area contributed by atoms with Gasteiger partial charge in [0, 0.05) is 25.7 Å². The van der Waals surface area contributed by atoms with Crippen molar-refractivity contribution in [2.75, 3.05) is 39.6 Å². The Labute approximate surface area is 594 Å². The maximum absolute atomic E-state index is 13.1. The van der Waals surface area contributed by atoms with Crippen molar-refractivity contribution in [1.82, 2.24) is 0 Å². The highest BCUT2D eigenvalue weighted by Crippen LogP contribution is 2.45. The molecule has 0 amide bonds. The lowest BCUT2D eigenvalue weighted by Crippen LogP contribution is -2.30. The van der Waals surface area contributed by atoms with Gasteiger partial charge in [-0.25, -0.2) is 9.13 Å². The summed E-state index contributed by atoms with van der Waals surface area (Å²) < 4.78 is 68.5. The number of hydrogen-bond donors (Lipinski definition) is 3. The SMILES string of the molecule is CCC(C)CCCCCCCCCCCCCCCCCCCCC(=O)O[C@H](COC(=O)CCCCCCCCC(C)C)COP(=O)(O)OC[C@H](O)COP(=O)(O)OC[C@@H](COC(=O)CCCCCCCCCCCC(C)C)OC(=O)CCCCCCCCCCCCC(C)CC. The molecule has 3 N–H and O–H groups in total. The second-order valence-electron chi connectivity index (χ2n) is 29.5. The molecule has 0 bridgehead atoms. The van der Waals surface area contributed by atoms with E-state index in [4.69, 9.17) is 37.0 Å². The first-order valence-electron chi connectivity index (χ1n) is 40.3. The van der Waals surface area contributed by atoms with Crippen LogP contribution >= 0.6 is 15.6 Å². The lowest BCUT2D eigenvalue weighted by molar-refractivity contribution is -0.161. The Hall–Kier alpha value is -1.94. The van der Waals surface area contributed by atoms with Gasteiger partial charge in [-0.05, 0) is 49.4 Å². The number of hydrogen-bond acceptors (Lipinski definition) is 15. The van der Waals surface area contributed by atoms with Crippen LogP contribution in [0.4, 0.5) is 0 Å². The lowest BCUT2D eigenvalue weighted by Gasteiger charge is -2.21. The first-order valence-corrected chi connectivity index (χ1v) is 43.3. The number of carbonyl (C=O) groups is 4. The van der Waals surface area contributed by atoms with Gasteiger partial charge in [0.05, 0.1) is 26.4 Å². The minimum Gasteiger partial charge on any atom is -0.462 e. The minimum atomic E-state index is -4.96. The van der Waals surface area contributed by atoms with E-state index < -0.39 is 97.5 Å². The molecule has 0 saturated carbocycles. The summed E-state index contributed by atoms with van der Waals surface area (Å²) in [7, 11) is -9.91. The first kappa shape index (κ1) is 95.1. The topological polar surface area (TPSA) is 237 Å². The second kappa shape index (κ2) is 67.2. The van der Waals surface area contributed by atoms with Crippen LogP contribution in [0.2, 0.25) is 0 Å². The zero-order valence-corrected chi connectivity index (χ0v) is 65.5. The Morgan fingerprint density at radius 3 is 0.732 bits per heavy atom. The zero-order chi connectivity index (χ0) is 71.7. The summed E-state index contributed by atoms with van der Waals surface area (Å²) in [5, 5.41) is 10.6. The monoisotopic (exact) mass is 1420 g/mol. The van der Waals surface area contributed by atoms with Crippen LogP contribution in [-0.4, -0.2) is 96.7 Å². The average Bonchev–Trinajstić information content (AvgIpc) is 1.33. The highest BCUT2D eigenvalue weighted by molar-refractivity contribution is 7.47. The molecule has 0 aliphatic heterocycles. The van der Waals surface area contributed by atoms with E-state index in [0.717, 1.165) is 114 Å². The number of phosphoric ester groups is 2. The molecule has 0 aromatic heterocycles. The van der Waals surface area contributed by atoms with Crippen LogP contribution in [-0.2, 0) is 65.4 Å². The van der Waals surface area contributed by atoms with E-state index in [-0.39, 0.29) is 25.7 Å². The average molecular weight is 1420 g/mol. The van der Waals surface area contributed by atoms with Gasteiger partial charge in [0.15, 0.2) is 12.2 Å². The smallest absolute Gasteiger partial charge is 0.462 e. The fourth-order valence-electron chi connectivity index (χ4n) is 11.8. The molecule has 97 heavy (non-hydrogen) atoms. The van der Waals surface area contributed by atoms with Crippen LogP contribution < -0.4 is 0 Å². The predicted molar refractivity (Wildman–Crippen MR) is 395 cm³/mol. The summed E-state index contributed by atoms with van der Waals surface area (Å²) in [6, 6.07) is 0. The molecule has 17 nitrogen and oxygen atoms in total. The molecule has 0 rings (SSSR count). The molecule has 0 radical (unpaired) electrons. The van der Waals surface area contributed by atoms with E-state index in [9.17, 15) is 43.2 Å². The summed E-state index contributed by atoms with van der Waals surface area (Å²) in [6.45, 7) is 14.2. The van der Waals surface area contributed by atoms with Gasteiger partial charge in [0.1, 0.15) is 19.3 Å². The van der Waals surface area contributed by atoms with Gasteiger partial charge in [0.2, 0.25) is 0 Å². The highest BCUT2D eigenvalue weighted by atomic mass is 31.2. The molecule has 0 aromatic rings. The van der Waals surface area contributed by atoms with Crippen LogP contribution in [0.3, 0.4) is 0 Å². The predicted octanol–water partition coefficient (Wildman–Crippen LogP) is 22.8. The van der Waals surface area contributed by atoms with E-state index in [1.165, 1.54) is 193 Å². The molecule has 0 aliphatic rings. The summed E-state index contributed by atoms with van der Waals surface area (Å²) in [5.41, 5.74) is 0. The van der Waals surface area contributed by atoms with Gasteiger partial charge < -0.3 is 33.8 Å². The van der Waals surface area contributed by atoms with Crippen molar-refractivity contribution in [2.24, 2.45) is 23.7 Å². The molecule has 0 saturated heterocycles. The third kappa shape index (κ3) is 69.5. The van der Waals surface area contributed by atoms with Crippen LogP contribution in [0.15, 0.2) is 0 Å². The summed E-state index contributed by atoms with van der Waals surface area (Å²) in [5.74, 6) is 0.975. The van der Waals surface area contributed by atoms with Gasteiger partial charge in [0.25, 0.3) is 0 Å². The number of phosphoric acid groups is 2. The molecule has 576 valence electrons. The lowest BCUT2D eigenvalue weighted by atomic mass is 9.99. The molecule has 0 aliphatic carbocycles. The number of unbranched alkanes of at least 4 members (excludes halogenated alkanes) is 39. The molecule has 0 aromatic carbocycles. The molecule has 7 atom stereocenters. The molecular weight excluding hydrogens is 1270 g/mol. The van der Waals surface area contributed by atoms with Crippen LogP contribution in [0.5, 0.6) is 0 Å². The molecule has 0 spiro atoms. The Morgan fingerprint density at radius 2 is 0.495 bits per heavy atom. The van der Waals surface area contributed by atoms with Crippen LogP contribution in [0.1, 0.15) is 396 Å². The van der Waals surface area contributed by atoms with Crippen molar-refractivity contribution < 1.29 is 80.2 Å². The first-order chi connectivity index (χ1) is 46.7. The fraction of sp³-hybridized carbons (Fsp3) is 0.949. The molecular formula is C78H152O17P2. The Bertz CT molecular complexity index is 1910. The van der Waals surface area contributed by atoms with E-state index in [2.05, 4.69) is 55.4 Å². The van der Waals surface area contributed by atoms with Crippen molar-refractivity contribution in [3.8, 4) is 0 Å². The second-order valence-corrected chi connectivity index (χ2v) is 32.4. The summed E-state index contributed by atoms with van der Waals surface area (Å²) >= 11 is 0. The number of ether oxygens (including phenoxy) is 4. The molecule has 0 fully saturated rings. The van der Waals surface area contributed by atoms with Gasteiger partial charge in [-0.15, -0.1) is 0 Å². The number of aliphatic hydroxyl groups excluding tert-OH is 1. The van der Waals surface area contributed by atoms with Crippen molar-refractivity contribution in [1.29, 1.82) is 0 Å². The molecule has 4 unspecified atom stereocenters. The third-order valence-corrected chi connectivity index (χ3v) is 20.7. The van der Waals surface area contributed by atoms with Gasteiger partial charge in [-0.2, -0.15) is 0 Å². The van der Waals surface area contributed by atoms with Crippen LogP contribution in [0, 0.1) is 23.7 Å². The Morgan fingerprint density at radius 1 is 0.289 bits per heavy atom. The van der Waals surface area contributed by atoms with Crippen molar-refractivity contribution in [2.45, 2.75) is 414 Å². The van der Waals surface area contributed by atoms with E-state index in [0.29, 0.717) is 31.6 Å². The van der Waals surface area contributed by atoms with Gasteiger partial charge in [-0.1, -0.05) is 344 Å². The Kier molecular flexibility index (Phi) is 65.9. The zero-order valence-electron chi connectivity index (χ0n) is 63.7. The standard InChI is InChI=1S/C78H152O17P2/c1-9-70(7)56-48-40-31-25-19-17-15-13-11-12-14-16-18-20-27-34-44-52-60-77(82)95-74(65-89-76(81)59-51-43-37-36-39-47-55-69(5)6)67-93-97(86,87)91-63-72(79)62-90-96(84,85)92-66-73(64-88-75(80)58-50-42-33-29-23-24-30-38-46-54-68(3)4)94-78(83)61-53-45-35-28-22-21-26-32-41-49-57-71(8)10-2/h68-74,79H,9-67H2,1-8H3,(H,84,85)(H,86,87)/t70?,71?,72-,73-,74-/m1/s1. The van der Waals surface area contributed by atoms with Crippen LogP contribution in [0.25, 0.3) is 0 Å². The van der Waals surface area contributed by atoms with E-state index in [1.54, 1.807) is 0 Å². The number of esters is 4. The number of aliphatic hydroxyl groups is 1. The van der Waals surface area contributed by atoms with Gasteiger partial charge >= 0.3 is 39.5 Å². The molecule has 0 heterocycles. The maximum Gasteiger partial charge on any atom is 0.472 e. The van der Waals surface area contributed by atoms with Crippen molar-refractivity contribution in [3.63, 3.8) is 0 Å². The maximum atomic E-state index is 13.1. The highest BCUT2D eigenvalue weighted by Gasteiger charge is 2.30. The molecule has 19 heteroatoms. The number of carbonyl (C=O) groups excluding carboxylic acids is 4. The minimum absolute atomic E-state index is 0.105. The third-order valence-electron chi connectivity index (χ3n) is 18.8.